The van der Waals surface area contributed by atoms with Gasteiger partial charge < -0.3 is 14.6 Å². The summed E-state index contributed by atoms with van der Waals surface area (Å²) in [5.74, 6) is 2.27. The van der Waals surface area contributed by atoms with E-state index < -0.39 is 0 Å². The number of hydrogen-bond acceptors (Lipinski definition) is 3. The molecule has 4 heteroatoms. The van der Waals surface area contributed by atoms with Crippen LogP contribution in [0.25, 0.3) is 0 Å². The van der Waals surface area contributed by atoms with Crippen LogP contribution in [0.15, 0.2) is 16.6 Å². The number of benzene rings is 1. The lowest BCUT2D eigenvalue weighted by Crippen LogP contribution is -2.02. The van der Waals surface area contributed by atoms with Crippen molar-refractivity contribution in [3.8, 4) is 11.5 Å². The molecule has 1 fully saturated rings. The third-order valence-electron chi connectivity index (χ3n) is 3.07. The molecule has 2 rings (SSSR count). The molecule has 0 amide bonds. The third kappa shape index (κ3) is 3.62. The van der Waals surface area contributed by atoms with Gasteiger partial charge in [0, 0.05) is 6.61 Å². The van der Waals surface area contributed by atoms with Crippen molar-refractivity contribution in [3.63, 3.8) is 0 Å². The molecule has 1 aromatic rings. The summed E-state index contributed by atoms with van der Waals surface area (Å²) < 4.78 is 12.1. The van der Waals surface area contributed by atoms with E-state index in [1.54, 1.807) is 7.11 Å². The van der Waals surface area contributed by atoms with Gasteiger partial charge in [0.25, 0.3) is 0 Å². The Balaban J connectivity index is 2.11. The fraction of sp³-hybridized carbons (Fsp3) is 0.571. The first-order valence-corrected chi connectivity index (χ1v) is 7.14. The maximum atomic E-state index is 8.86. The normalized spacial score (nSPS) is 14.6. The van der Waals surface area contributed by atoms with Gasteiger partial charge in [-0.25, -0.2) is 0 Å². The van der Waals surface area contributed by atoms with E-state index in [-0.39, 0.29) is 6.61 Å². The van der Waals surface area contributed by atoms with Crippen LogP contribution < -0.4 is 9.47 Å². The zero-order valence-electron chi connectivity index (χ0n) is 10.6. The quantitative estimate of drug-likeness (QED) is 0.840. The first-order chi connectivity index (χ1) is 8.74. The molecule has 0 saturated heterocycles. The molecule has 1 aliphatic rings. The van der Waals surface area contributed by atoms with Crippen molar-refractivity contribution in [2.45, 2.75) is 25.7 Å². The molecular weight excluding hydrogens is 296 g/mol. The molecule has 0 bridgehead atoms. The second-order valence-electron chi connectivity index (χ2n) is 4.69. The number of aliphatic hydroxyl groups excluding tert-OH is 1. The highest BCUT2D eigenvalue weighted by atomic mass is 79.9. The SMILES string of the molecule is COc1cc(CCCO)cc(Br)c1OCC1CC1. The number of ether oxygens (including phenoxy) is 2. The number of halogens is 1. The number of rotatable bonds is 7. The molecule has 0 heterocycles. The molecule has 0 unspecified atom stereocenters. The zero-order chi connectivity index (χ0) is 13.0. The zero-order valence-corrected chi connectivity index (χ0v) is 12.2. The predicted molar refractivity (Wildman–Crippen MR) is 74.3 cm³/mol. The van der Waals surface area contributed by atoms with Crippen LogP contribution in [-0.2, 0) is 6.42 Å². The molecule has 18 heavy (non-hydrogen) atoms. The smallest absolute Gasteiger partial charge is 0.175 e. The lowest BCUT2D eigenvalue weighted by molar-refractivity contribution is 0.278. The molecule has 0 aliphatic heterocycles. The fourth-order valence-corrected chi connectivity index (χ4v) is 2.43. The number of aliphatic hydroxyl groups is 1. The van der Waals surface area contributed by atoms with Crippen molar-refractivity contribution >= 4 is 15.9 Å². The van der Waals surface area contributed by atoms with Crippen molar-refractivity contribution < 1.29 is 14.6 Å². The maximum Gasteiger partial charge on any atom is 0.175 e. The van der Waals surface area contributed by atoms with Crippen LogP contribution in [0.2, 0.25) is 0 Å². The number of methoxy groups -OCH3 is 1. The van der Waals surface area contributed by atoms with Crippen LogP contribution in [0.1, 0.15) is 24.8 Å². The molecular formula is C14H19BrO3. The minimum atomic E-state index is 0.208. The lowest BCUT2D eigenvalue weighted by atomic mass is 10.1. The Kier molecular flexibility index (Phi) is 4.89. The Labute approximate surface area is 116 Å². The highest BCUT2D eigenvalue weighted by molar-refractivity contribution is 9.10. The van der Waals surface area contributed by atoms with Crippen LogP contribution in [0.3, 0.4) is 0 Å². The molecule has 0 spiro atoms. The van der Waals surface area contributed by atoms with Gasteiger partial charge in [-0.2, -0.15) is 0 Å². The van der Waals surface area contributed by atoms with E-state index in [1.165, 1.54) is 12.8 Å². The first kappa shape index (κ1) is 13.7. The number of aryl methyl sites for hydroxylation is 1. The topological polar surface area (TPSA) is 38.7 Å². The summed E-state index contributed by atoms with van der Waals surface area (Å²) in [6, 6.07) is 4.03. The minimum Gasteiger partial charge on any atom is -0.493 e. The Bertz CT molecular complexity index is 402. The average Bonchev–Trinajstić information content (AvgIpc) is 3.18. The highest BCUT2D eigenvalue weighted by Crippen LogP contribution is 2.39. The Morgan fingerprint density at radius 3 is 2.78 bits per heavy atom. The second-order valence-corrected chi connectivity index (χ2v) is 5.54. The Morgan fingerprint density at radius 2 is 2.17 bits per heavy atom. The van der Waals surface area contributed by atoms with Crippen LogP contribution in [0.4, 0.5) is 0 Å². The van der Waals surface area contributed by atoms with Crippen molar-refractivity contribution in [3.05, 3.63) is 22.2 Å². The van der Waals surface area contributed by atoms with E-state index in [2.05, 4.69) is 15.9 Å². The lowest BCUT2D eigenvalue weighted by Gasteiger charge is -2.14. The molecule has 100 valence electrons. The van der Waals surface area contributed by atoms with E-state index in [0.717, 1.165) is 46.9 Å². The Hall–Kier alpha value is -0.740. The minimum absolute atomic E-state index is 0.208. The van der Waals surface area contributed by atoms with Gasteiger partial charge in [0.05, 0.1) is 18.2 Å². The summed E-state index contributed by atoms with van der Waals surface area (Å²) >= 11 is 3.53. The summed E-state index contributed by atoms with van der Waals surface area (Å²) in [5.41, 5.74) is 1.14. The molecule has 3 nitrogen and oxygen atoms in total. The standard InChI is InChI=1S/C14H19BrO3/c1-17-13-8-11(3-2-6-16)7-12(15)14(13)18-9-10-4-5-10/h7-8,10,16H,2-6,9H2,1H3. The van der Waals surface area contributed by atoms with E-state index in [4.69, 9.17) is 14.6 Å². The predicted octanol–water partition coefficient (Wildman–Crippen LogP) is 3.17. The summed E-state index contributed by atoms with van der Waals surface area (Å²) in [4.78, 5) is 0. The van der Waals surface area contributed by atoms with Crippen LogP contribution in [-0.4, -0.2) is 25.4 Å². The van der Waals surface area contributed by atoms with Crippen LogP contribution in [0, 0.1) is 5.92 Å². The largest absolute Gasteiger partial charge is 0.493 e. The van der Waals surface area contributed by atoms with Gasteiger partial charge in [-0.1, -0.05) is 0 Å². The van der Waals surface area contributed by atoms with E-state index in [9.17, 15) is 0 Å². The molecule has 1 saturated carbocycles. The summed E-state index contributed by atoms with van der Waals surface area (Å²) in [5, 5.41) is 8.86. The third-order valence-corrected chi connectivity index (χ3v) is 3.66. The van der Waals surface area contributed by atoms with Gasteiger partial charge in [0.2, 0.25) is 0 Å². The van der Waals surface area contributed by atoms with Gasteiger partial charge in [0.1, 0.15) is 0 Å². The second kappa shape index (κ2) is 6.43. The molecule has 1 aliphatic carbocycles. The molecule has 1 N–H and O–H groups in total. The molecule has 0 radical (unpaired) electrons. The van der Waals surface area contributed by atoms with Crippen molar-refractivity contribution in [2.24, 2.45) is 5.92 Å². The number of hydrogen-bond donors (Lipinski definition) is 1. The van der Waals surface area contributed by atoms with Gasteiger partial charge in [-0.15, -0.1) is 0 Å². The van der Waals surface area contributed by atoms with Crippen molar-refractivity contribution in [1.29, 1.82) is 0 Å². The van der Waals surface area contributed by atoms with E-state index in [0.29, 0.717) is 0 Å². The van der Waals surface area contributed by atoms with Gasteiger partial charge in [-0.3, -0.25) is 0 Å². The van der Waals surface area contributed by atoms with Crippen LogP contribution in [0.5, 0.6) is 11.5 Å². The van der Waals surface area contributed by atoms with Crippen molar-refractivity contribution in [2.75, 3.05) is 20.3 Å². The summed E-state index contributed by atoms with van der Waals surface area (Å²) in [7, 11) is 1.65. The fourth-order valence-electron chi connectivity index (χ4n) is 1.83. The van der Waals surface area contributed by atoms with Crippen molar-refractivity contribution in [1.82, 2.24) is 0 Å². The van der Waals surface area contributed by atoms with Crippen LogP contribution >= 0.6 is 15.9 Å². The summed E-state index contributed by atoms with van der Waals surface area (Å²) in [6.07, 6.45) is 4.15. The Morgan fingerprint density at radius 1 is 1.39 bits per heavy atom. The van der Waals surface area contributed by atoms with E-state index in [1.807, 2.05) is 12.1 Å². The molecule has 1 aromatic carbocycles. The maximum absolute atomic E-state index is 8.86. The molecule has 0 atom stereocenters. The monoisotopic (exact) mass is 314 g/mol. The highest BCUT2D eigenvalue weighted by Gasteiger charge is 2.23. The summed E-state index contributed by atoms with van der Waals surface area (Å²) in [6.45, 7) is 0.977. The van der Waals surface area contributed by atoms with Gasteiger partial charge in [0.15, 0.2) is 11.5 Å². The molecule has 0 aromatic heterocycles. The van der Waals surface area contributed by atoms with Gasteiger partial charge in [-0.05, 0) is 65.2 Å². The van der Waals surface area contributed by atoms with E-state index >= 15 is 0 Å². The first-order valence-electron chi connectivity index (χ1n) is 6.34. The average molecular weight is 315 g/mol. The van der Waals surface area contributed by atoms with Gasteiger partial charge >= 0.3 is 0 Å².